The van der Waals surface area contributed by atoms with Gasteiger partial charge in [0, 0.05) is 34.8 Å². The van der Waals surface area contributed by atoms with E-state index in [2.05, 4.69) is 54.1 Å². The third-order valence-corrected chi connectivity index (χ3v) is 12.3. The van der Waals surface area contributed by atoms with Gasteiger partial charge in [-0.1, -0.05) is 38.1 Å². The van der Waals surface area contributed by atoms with Gasteiger partial charge >= 0.3 is 12.4 Å². The number of benzene rings is 2. The lowest BCUT2D eigenvalue weighted by atomic mass is 10.1. The van der Waals surface area contributed by atoms with Gasteiger partial charge in [-0.2, -0.15) is 31.3 Å². The summed E-state index contributed by atoms with van der Waals surface area (Å²) < 4.78 is 97.6. The number of hydrogen-bond donors (Lipinski definition) is 1. The number of hydrogen-bond acceptors (Lipinski definition) is 6. The minimum atomic E-state index is -5.02. The second-order valence-electron chi connectivity index (χ2n) is 12.1. The number of nitrogens with one attached hydrogen (secondary N) is 1. The molecule has 45 heavy (non-hydrogen) atoms. The summed E-state index contributed by atoms with van der Waals surface area (Å²) in [5.41, 5.74) is -0.391. The van der Waals surface area contributed by atoms with Crippen molar-refractivity contribution in [2.45, 2.75) is 70.8 Å². The number of halogens is 6. The van der Waals surface area contributed by atoms with Crippen molar-refractivity contribution < 1.29 is 44.8 Å². The van der Waals surface area contributed by atoms with Crippen molar-refractivity contribution >= 4 is 25.1 Å². The van der Waals surface area contributed by atoms with E-state index in [-0.39, 0.29) is 34.8 Å². The SMILES string of the molecule is C[C@H](Oc1ccc(-c2nc(-c3cccc4c3ccn4CC(=O)NCCO[Si](C)(C)C(C)(C)C)no2)cc1C(F)(F)F)C(F)(F)F. The van der Waals surface area contributed by atoms with Gasteiger partial charge in [0.2, 0.25) is 11.7 Å². The van der Waals surface area contributed by atoms with E-state index in [9.17, 15) is 31.1 Å². The van der Waals surface area contributed by atoms with Gasteiger partial charge in [-0.25, -0.2) is 0 Å². The number of amides is 1. The molecule has 4 rings (SSSR count). The van der Waals surface area contributed by atoms with Crippen LogP contribution in [-0.2, 0) is 21.9 Å². The molecule has 0 unspecified atom stereocenters. The molecule has 244 valence electrons. The number of fused-ring (bicyclic) bond motifs is 1. The first kappa shape index (κ1) is 34.0. The van der Waals surface area contributed by atoms with Crippen LogP contribution in [0.3, 0.4) is 0 Å². The lowest BCUT2D eigenvalue weighted by Crippen LogP contribution is -2.43. The molecular weight excluding hydrogens is 622 g/mol. The van der Waals surface area contributed by atoms with Gasteiger partial charge in [-0.05, 0) is 55.4 Å². The van der Waals surface area contributed by atoms with Gasteiger partial charge < -0.3 is 23.6 Å². The van der Waals surface area contributed by atoms with Crippen molar-refractivity contribution in [1.82, 2.24) is 20.0 Å². The zero-order chi connectivity index (χ0) is 33.4. The summed E-state index contributed by atoms with van der Waals surface area (Å²) in [6, 6.07) is 9.45. The first-order chi connectivity index (χ1) is 20.8. The van der Waals surface area contributed by atoms with E-state index in [0.29, 0.717) is 42.6 Å². The summed E-state index contributed by atoms with van der Waals surface area (Å²) in [5, 5.41) is 7.51. The molecule has 0 aliphatic carbocycles. The largest absolute Gasteiger partial charge is 0.481 e. The van der Waals surface area contributed by atoms with E-state index < -0.39 is 38.1 Å². The van der Waals surface area contributed by atoms with E-state index in [4.69, 9.17) is 8.95 Å². The molecule has 0 aliphatic rings. The third kappa shape index (κ3) is 7.87. The smallest absolute Gasteiger partial charge is 0.425 e. The summed E-state index contributed by atoms with van der Waals surface area (Å²) in [6.07, 6.45) is -10.6. The van der Waals surface area contributed by atoms with E-state index in [0.717, 1.165) is 12.1 Å². The Morgan fingerprint density at radius 1 is 1.07 bits per heavy atom. The molecule has 15 heteroatoms. The zero-order valence-electron chi connectivity index (χ0n) is 25.6. The number of alkyl halides is 6. The van der Waals surface area contributed by atoms with Crippen molar-refractivity contribution in [2.24, 2.45) is 0 Å². The molecule has 1 amide bonds. The van der Waals surface area contributed by atoms with Crippen LogP contribution in [0.15, 0.2) is 53.2 Å². The van der Waals surface area contributed by atoms with Crippen LogP contribution in [-0.4, -0.2) is 54.4 Å². The van der Waals surface area contributed by atoms with Gasteiger partial charge in [-0.3, -0.25) is 4.79 Å². The second-order valence-corrected chi connectivity index (χ2v) is 16.9. The molecule has 2 aromatic carbocycles. The van der Waals surface area contributed by atoms with Crippen LogP contribution in [0.25, 0.3) is 33.7 Å². The Morgan fingerprint density at radius 2 is 1.78 bits per heavy atom. The highest BCUT2D eigenvalue weighted by Gasteiger charge is 2.41. The number of aromatic nitrogens is 3. The van der Waals surface area contributed by atoms with Crippen molar-refractivity contribution in [3.05, 3.63) is 54.2 Å². The number of nitrogens with zero attached hydrogens (tertiary/aromatic N) is 3. The molecular formula is C30H34F6N4O4Si. The fourth-order valence-electron chi connectivity index (χ4n) is 4.17. The van der Waals surface area contributed by atoms with Crippen LogP contribution in [0.4, 0.5) is 26.3 Å². The number of carbonyl (C=O) groups excluding carboxylic acids is 1. The van der Waals surface area contributed by atoms with Crippen LogP contribution in [0, 0.1) is 0 Å². The minimum Gasteiger partial charge on any atom is -0.481 e. The van der Waals surface area contributed by atoms with E-state index in [1.807, 2.05) is 0 Å². The lowest BCUT2D eigenvalue weighted by molar-refractivity contribution is -0.191. The second kappa shape index (κ2) is 12.5. The first-order valence-electron chi connectivity index (χ1n) is 14.1. The maximum absolute atomic E-state index is 13.7. The molecule has 0 aliphatic heterocycles. The Labute approximate surface area is 256 Å². The summed E-state index contributed by atoms with van der Waals surface area (Å²) in [5.74, 6) is -1.40. The minimum absolute atomic E-state index is 0.0339. The molecule has 8 nitrogen and oxygen atoms in total. The van der Waals surface area contributed by atoms with Crippen molar-refractivity contribution in [3.63, 3.8) is 0 Å². The first-order valence-corrected chi connectivity index (χ1v) is 17.0. The molecule has 1 atom stereocenters. The highest BCUT2D eigenvalue weighted by Crippen LogP contribution is 2.41. The van der Waals surface area contributed by atoms with Crippen molar-refractivity contribution in [2.75, 3.05) is 13.2 Å². The average molecular weight is 657 g/mol. The molecule has 0 spiro atoms. The maximum atomic E-state index is 13.7. The lowest BCUT2D eigenvalue weighted by Gasteiger charge is -2.36. The van der Waals surface area contributed by atoms with Crippen LogP contribution < -0.4 is 10.1 Å². The normalized spacial score (nSPS) is 13.7. The molecule has 2 aromatic heterocycles. The molecule has 4 aromatic rings. The van der Waals surface area contributed by atoms with Gasteiger partial charge in [0.05, 0.1) is 12.2 Å². The Kier molecular flexibility index (Phi) is 9.45. The van der Waals surface area contributed by atoms with Crippen LogP contribution in [0.1, 0.15) is 33.3 Å². The summed E-state index contributed by atoms with van der Waals surface area (Å²) in [4.78, 5) is 16.9. The Morgan fingerprint density at radius 3 is 2.42 bits per heavy atom. The predicted molar refractivity (Wildman–Crippen MR) is 158 cm³/mol. The standard InChI is InChI=1S/C30H34F6N4O4Si/c1-18(29(31,32)33)43-24-11-10-19(16-22(24)30(34,35)36)27-38-26(39-44-27)21-8-7-9-23-20(21)12-14-40(23)17-25(41)37-13-15-42-45(5,6)28(2,3)4/h7-12,14,16,18H,13,15,17H2,1-6H3,(H,37,41)/t18-/m0/s1. The fraction of sp³-hybridized carbons (Fsp3) is 0.433. The van der Waals surface area contributed by atoms with Crippen LogP contribution >= 0.6 is 0 Å². The van der Waals surface area contributed by atoms with Crippen molar-refractivity contribution in [1.29, 1.82) is 0 Å². The molecule has 0 saturated heterocycles. The maximum Gasteiger partial charge on any atom is 0.425 e. The van der Waals surface area contributed by atoms with E-state index in [1.165, 1.54) is 0 Å². The van der Waals surface area contributed by atoms with Crippen LogP contribution in [0.5, 0.6) is 5.75 Å². The third-order valence-electron chi connectivity index (χ3n) is 7.78. The molecule has 1 N–H and O–H groups in total. The monoisotopic (exact) mass is 656 g/mol. The number of ether oxygens (including phenoxy) is 1. The molecule has 0 radical (unpaired) electrons. The topological polar surface area (TPSA) is 91.4 Å². The summed E-state index contributed by atoms with van der Waals surface area (Å²) in [6.45, 7) is 12.1. The summed E-state index contributed by atoms with van der Waals surface area (Å²) in [7, 11) is -1.93. The number of carbonyl (C=O) groups is 1. The zero-order valence-corrected chi connectivity index (χ0v) is 26.6. The summed E-state index contributed by atoms with van der Waals surface area (Å²) >= 11 is 0. The Bertz CT molecular complexity index is 1660. The van der Waals surface area contributed by atoms with Gasteiger partial charge in [0.15, 0.2) is 14.4 Å². The Hall–Kier alpha value is -3.85. The fourth-order valence-corrected chi connectivity index (χ4v) is 5.22. The molecule has 0 saturated carbocycles. The van der Waals surface area contributed by atoms with Crippen LogP contribution in [0.2, 0.25) is 18.1 Å². The highest BCUT2D eigenvalue weighted by molar-refractivity contribution is 6.74. The highest BCUT2D eigenvalue weighted by atomic mass is 28.4. The van der Waals surface area contributed by atoms with Gasteiger partial charge in [-0.15, -0.1) is 0 Å². The number of rotatable bonds is 10. The molecule has 0 bridgehead atoms. The van der Waals surface area contributed by atoms with E-state index in [1.54, 1.807) is 35.0 Å². The van der Waals surface area contributed by atoms with Gasteiger partial charge in [0.25, 0.3) is 5.89 Å². The Balaban J connectivity index is 1.51. The van der Waals surface area contributed by atoms with Crippen molar-refractivity contribution in [3.8, 4) is 28.6 Å². The molecule has 2 heterocycles. The predicted octanol–water partition coefficient (Wildman–Crippen LogP) is 7.84. The van der Waals surface area contributed by atoms with E-state index >= 15 is 0 Å². The molecule has 0 fully saturated rings. The quantitative estimate of drug-likeness (QED) is 0.106. The van der Waals surface area contributed by atoms with Gasteiger partial charge in [0.1, 0.15) is 12.3 Å². The average Bonchev–Trinajstić information content (AvgIpc) is 3.57.